The monoisotopic (exact) mass is 289 g/mol. The van der Waals surface area contributed by atoms with Crippen LogP contribution in [0.2, 0.25) is 0 Å². The number of aromatic nitrogens is 2. The topological polar surface area (TPSA) is 71.8 Å². The molecule has 2 aromatic carbocycles. The van der Waals surface area contributed by atoms with Crippen LogP contribution in [-0.2, 0) is 0 Å². The Morgan fingerprint density at radius 1 is 0.955 bits per heavy atom. The van der Waals surface area contributed by atoms with E-state index in [0.29, 0.717) is 0 Å². The Labute approximate surface area is 125 Å². The van der Waals surface area contributed by atoms with Gasteiger partial charge in [0.1, 0.15) is 5.65 Å². The maximum Gasteiger partial charge on any atom is 0.270 e. The highest BCUT2D eigenvalue weighted by molar-refractivity contribution is 6.07. The molecular weight excluding hydrogens is 278 g/mol. The summed E-state index contributed by atoms with van der Waals surface area (Å²) in [5, 5.41) is 13.0. The molecule has 2 heterocycles. The molecule has 0 aliphatic rings. The third-order valence-corrected chi connectivity index (χ3v) is 3.76. The van der Waals surface area contributed by atoms with Crippen molar-refractivity contribution in [3.63, 3.8) is 0 Å². The maximum atomic E-state index is 10.9. The number of nitrogens with one attached hydrogen (secondary N) is 1. The number of nitro groups is 1. The van der Waals surface area contributed by atoms with Crippen molar-refractivity contribution >= 4 is 27.6 Å². The summed E-state index contributed by atoms with van der Waals surface area (Å²) in [5.74, 6) is 0. The zero-order valence-electron chi connectivity index (χ0n) is 11.5. The third kappa shape index (κ3) is 1.91. The van der Waals surface area contributed by atoms with Gasteiger partial charge in [0.15, 0.2) is 0 Å². The van der Waals surface area contributed by atoms with Crippen LogP contribution in [0, 0.1) is 10.1 Å². The largest absolute Gasteiger partial charge is 0.339 e. The fourth-order valence-corrected chi connectivity index (χ4v) is 2.70. The molecule has 5 heteroatoms. The van der Waals surface area contributed by atoms with Crippen molar-refractivity contribution in [1.29, 1.82) is 0 Å². The quantitative estimate of drug-likeness (QED) is 0.442. The summed E-state index contributed by atoms with van der Waals surface area (Å²) in [6.07, 6.45) is 1.75. The van der Waals surface area contributed by atoms with E-state index in [0.717, 1.165) is 33.1 Å². The van der Waals surface area contributed by atoms with E-state index < -0.39 is 0 Å². The highest BCUT2D eigenvalue weighted by Crippen LogP contribution is 2.30. The molecule has 0 fully saturated rings. The Hall–Kier alpha value is -3.21. The van der Waals surface area contributed by atoms with E-state index in [1.54, 1.807) is 18.3 Å². The lowest BCUT2D eigenvalue weighted by molar-refractivity contribution is -0.384. The number of hydrogen-bond donors (Lipinski definition) is 1. The van der Waals surface area contributed by atoms with Gasteiger partial charge in [-0.05, 0) is 35.4 Å². The smallest absolute Gasteiger partial charge is 0.270 e. The Morgan fingerprint density at radius 2 is 1.82 bits per heavy atom. The van der Waals surface area contributed by atoms with Gasteiger partial charge in [0.05, 0.1) is 4.92 Å². The van der Waals surface area contributed by atoms with Crippen LogP contribution in [0.5, 0.6) is 0 Å². The van der Waals surface area contributed by atoms with Gasteiger partial charge >= 0.3 is 0 Å². The molecule has 0 unspecified atom stereocenters. The summed E-state index contributed by atoms with van der Waals surface area (Å²) in [7, 11) is 0. The SMILES string of the molecule is O=[N+]([O-])c1cccc(-c2ccc3[nH]c4ncccc4c3c2)c1. The summed E-state index contributed by atoms with van der Waals surface area (Å²) < 4.78 is 0. The van der Waals surface area contributed by atoms with Gasteiger partial charge in [-0.1, -0.05) is 18.2 Å². The molecule has 22 heavy (non-hydrogen) atoms. The Balaban J connectivity index is 1.94. The van der Waals surface area contributed by atoms with Crippen LogP contribution >= 0.6 is 0 Å². The summed E-state index contributed by atoms with van der Waals surface area (Å²) in [6, 6.07) is 16.5. The highest BCUT2D eigenvalue weighted by Gasteiger charge is 2.09. The second kappa shape index (κ2) is 4.66. The zero-order valence-corrected chi connectivity index (χ0v) is 11.5. The summed E-state index contributed by atoms with van der Waals surface area (Å²) >= 11 is 0. The first-order valence-corrected chi connectivity index (χ1v) is 6.84. The number of nitrogens with zero attached hydrogens (tertiary/aromatic N) is 2. The van der Waals surface area contributed by atoms with E-state index in [1.165, 1.54) is 6.07 Å². The molecule has 0 radical (unpaired) electrons. The molecule has 0 spiro atoms. The number of aromatic amines is 1. The average Bonchev–Trinajstić information content (AvgIpc) is 2.92. The number of non-ortho nitro benzene ring substituents is 1. The van der Waals surface area contributed by atoms with Crippen molar-refractivity contribution in [1.82, 2.24) is 9.97 Å². The van der Waals surface area contributed by atoms with Gasteiger partial charge in [0, 0.05) is 34.6 Å². The average molecular weight is 289 g/mol. The normalized spacial score (nSPS) is 11.1. The standard InChI is InChI=1S/C17H11N3O2/c21-20(22)13-4-1-3-11(9-13)12-6-7-16-15(10-12)14-5-2-8-18-17(14)19-16/h1-10H,(H,18,19). The molecule has 106 valence electrons. The minimum atomic E-state index is -0.377. The van der Waals surface area contributed by atoms with Crippen molar-refractivity contribution in [2.75, 3.05) is 0 Å². The van der Waals surface area contributed by atoms with Crippen LogP contribution in [0.4, 0.5) is 5.69 Å². The minimum absolute atomic E-state index is 0.0955. The summed E-state index contributed by atoms with van der Waals surface area (Å²) in [4.78, 5) is 18.1. The first kappa shape index (κ1) is 12.5. The lowest BCUT2D eigenvalue weighted by atomic mass is 10.0. The number of fused-ring (bicyclic) bond motifs is 3. The van der Waals surface area contributed by atoms with Gasteiger partial charge < -0.3 is 4.98 Å². The number of benzene rings is 2. The second-order valence-corrected chi connectivity index (χ2v) is 5.09. The van der Waals surface area contributed by atoms with Crippen LogP contribution in [0.1, 0.15) is 0 Å². The molecule has 0 aliphatic heterocycles. The number of pyridine rings is 1. The van der Waals surface area contributed by atoms with Crippen LogP contribution in [0.25, 0.3) is 33.1 Å². The first-order valence-electron chi connectivity index (χ1n) is 6.84. The maximum absolute atomic E-state index is 10.9. The van der Waals surface area contributed by atoms with Crippen molar-refractivity contribution in [2.24, 2.45) is 0 Å². The van der Waals surface area contributed by atoms with Gasteiger partial charge in [-0.15, -0.1) is 0 Å². The summed E-state index contributed by atoms with van der Waals surface area (Å²) in [6.45, 7) is 0. The van der Waals surface area contributed by atoms with Crippen LogP contribution < -0.4 is 0 Å². The van der Waals surface area contributed by atoms with Gasteiger partial charge in [-0.2, -0.15) is 0 Å². The molecular formula is C17H11N3O2. The number of rotatable bonds is 2. The zero-order chi connectivity index (χ0) is 15.1. The summed E-state index contributed by atoms with van der Waals surface area (Å²) in [5.41, 5.74) is 3.71. The van der Waals surface area contributed by atoms with Crippen LogP contribution in [-0.4, -0.2) is 14.9 Å². The Kier molecular flexibility index (Phi) is 2.66. The molecule has 1 N–H and O–H groups in total. The number of hydrogen-bond acceptors (Lipinski definition) is 3. The predicted octanol–water partition coefficient (Wildman–Crippen LogP) is 4.29. The molecule has 5 nitrogen and oxygen atoms in total. The van der Waals surface area contributed by atoms with Gasteiger partial charge in [-0.25, -0.2) is 4.98 Å². The van der Waals surface area contributed by atoms with Gasteiger partial charge in [0.25, 0.3) is 5.69 Å². The minimum Gasteiger partial charge on any atom is -0.339 e. The number of nitro benzene ring substituents is 1. The molecule has 0 bridgehead atoms. The fourth-order valence-electron chi connectivity index (χ4n) is 2.70. The molecule has 2 aromatic heterocycles. The predicted molar refractivity (Wildman–Crippen MR) is 85.7 cm³/mol. The van der Waals surface area contributed by atoms with Crippen LogP contribution in [0.3, 0.4) is 0 Å². The first-order chi connectivity index (χ1) is 10.7. The molecule has 0 aliphatic carbocycles. The van der Waals surface area contributed by atoms with Gasteiger partial charge in [0.2, 0.25) is 0 Å². The van der Waals surface area contributed by atoms with E-state index in [2.05, 4.69) is 9.97 Å². The lowest BCUT2D eigenvalue weighted by Crippen LogP contribution is -1.88. The van der Waals surface area contributed by atoms with E-state index in [-0.39, 0.29) is 10.6 Å². The molecule has 0 amide bonds. The highest BCUT2D eigenvalue weighted by atomic mass is 16.6. The second-order valence-electron chi connectivity index (χ2n) is 5.09. The van der Waals surface area contributed by atoms with Crippen LogP contribution in [0.15, 0.2) is 60.8 Å². The Bertz CT molecular complexity index is 1020. The lowest BCUT2D eigenvalue weighted by Gasteiger charge is -2.02. The number of H-pyrrole nitrogens is 1. The fraction of sp³-hybridized carbons (Fsp3) is 0. The van der Waals surface area contributed by atoms with E-state index in [4.69, 9.17) is 0 Å². The van der Waals surface area contributed by atoms with Crippen molar-refractivity contribution in [3.05, 3.63) is 70.9 Å². The molecule has 4 rings (SSSR count). The van der Waals surface area contributed by atoms with E-state index >= 15 is 0 Å². The molecule has 4 aromatic rings. The Morgan fingerprint density at radius 3 is 2.68 bits per heavy atom. The van der Waals surface area contributed by atoms with Crippen molar-refractivity contribution in [2.45, 2.75) is 0 Å². The molecule has 0 saturated carbocycles. The van der Waals surface area contributed by atoms with E-state index in [9.17, 15) is 10.1 Å². The third-order valence-electron chi connectivity index (χ3n) is 3.76. The van der Waals surface area contributed by atoms with Crippen molar-refractivity contribution in [3.8, 4) is 11.1 Å². The van der Waals surface area contributed by atoms with Gasteiger partial charge in [-0.3, -0.25) is 10.1 Å². The van der Waals surface area contributed by atoms with E-state index in [1.807, 2.05) is 36.4 Å². The van der Waals surface area contributed by atoms with Crippen molar-refractivity contribution < 1.29 is 4.92 Å². The molecule has 0 saturated heterocycles. The molecule has 0 atom stereocenters.